The molecule has 0 bridgehead atoms. The van der Waals surface area contributed by atoms with Crippen LogP contribution in [-0.2, 0) is 13.1 Å². The van der Waals surface area contributed by atoms with Crippen molar-refractivity contribution >= 4 is 0 Å². The predicted molar refractivity (Wildman–Crippen MR) is 68.8 cm³/mol. The first-order chi connectivity index (χ1) is 8.81. The zero-order valence-electron chi connectivity index (χ0n) is 11.2. The Labute approximate surface area is 108 Å². The monoisotopic (exact) mass is 249 g/mol. The fourth-order valence-corrected chi connectivity index (χ4v) is 2.77. The van der Waals surface area contributed by atoms with Crippen molar-refractivity contribution < 1.29 is 0 Å². The molecular formula is C13H23N5. The lowest BCUT2D eigenvalue weighted by atomic mass is 9.83. The molecule has 2 fully saturated rings. The van der Waals surface area contributed by atoms with Crippen LogP contribution in [0.3, 0.4) is 0 Å². The molecule has 1 N–H and O–H groups in total. The molecule has 0 spiro atoms. The molecule has 1 aromatic rings. The first-order valence-corrected chi connectivity index (χ1v) is 7.29. The Bertz CT molecular complexity index is 376. The molecule has 0 amide bonds. The summed E-state index contributed by atoms with van der Waals surface area (Å²) in [6.07, 6.45) is 8.00. The third kappa shape index (κ3) is 3.07. The van der Waals surface area contributed by atoms with Gasteiger partial charge < -0.3 is 5.32 Å². The molecule has 2 aliphatic rings. The highest BCUT2D eigenvalue weighted by atomic mass is 15.5. The highest BCUT2D eigenvalue weighted by molar-refractivity contribution is 4.87. The molecule has 0 aliphatic heterocycles. The average molecular weight is 249 g/mol. The van der Waals surface area contributed by atoms with Crippen LogP contribution in [-0.4, -0.2) is 26.2 Å². The van der Waals surface area contributed by atoms with Crippen molar-refractivity contribution in [1.29, 1.82) is 0 Å². The van der Waals surface area contributed by atoms with Crippen molar-refractivity contribution in [1.82, 2.24) is 25.5 Å². The van der Waals surface area contributed by atoms with Crippen molar-refractivity contribution in [3.05, 3.63) is 5.82 Å². The molecule has 1 heterocycles. The summed E-state index contributed by atoms with van der Waals surface area (Å²) in [4.78, 5) is 0. The van der Waals surface area contributed by atoms with Gasteiger partial charge in [0.15, 0.2) is 5.82 Å². The van der Waals surface area contributed by atoms with E-state index in [-0.39, 0.29) is 0 Å². The molecule has 0 radical (unpaired) electrons. The second-order valence-electron chi connectivity index (χ2n) is 6.06. The van der Waals surface area contributed by atoms with E-state index in [1.54, 1.807) is 0 Å². The van der Waals surface area contributed by atoms with Gasteiger partial charge in [-0.05, 0) is 47.9 Å². The number of aromatic nitrogens is 4. The highest BCUT2D eigenvalue weighted by Crippen LogP contribution is 2.29. The van der Waals surface area contributed by atoms with Crippen LogP contribution in [0.5, 0.6) is 0 Å². The maximum Gasteiger partial charge on any atom is 0.165 e. The number of hydrogen-bond donors (Lipinski definition) is 1. The Morgan fingerprint density at radius 1 is 1.17 bits per heavy atom. The molecule has 3 rings (SSSR count). The van der Waals surface area contributed by atoms with Gasteiger partial charge in [-0.1, -0.05) is 19.8 Å². The summed E-state index contributed by atoms with van der Waals surface area (Å²) < 4.78 is 2.01. The Hall–Kier alpha value is -0.970. The molecule has 18 heavy (non-hydrogen) atoms. The number of nitrogens with one attached hydrogen (secondary N) is 1. The third-order valence-corrected chi connectivity index (χ3v) is 4.30. The molecular weight excluding hydrogens is 226 g/mol. The van der Waals surface area contributed by atoms with Gasteiger partial charge in [0.1, 0.15) is 0 Å². The van der Waals surface area contributed by atoms with Crippen molar-refractivity contribution in [3.63, 3.8) is 0 Å². The predicted octanol–water partition coefficient (Wildman–Crippen LogP) is 1.75. The van der Waals surface area contributed by atoms with Crippen molar-refractivity contribution in [2.45, 2.75) is 64.6 Å². The zero-order chi connectivity index (χ0) is 12.4. The molecule has 100 valence electrons. The van der Waals surface area contributed by atoms with E-state index in [0.29, 0.717) is 6.04 Å². The summed E-state index contributed by atoms with van der Waals surface area (Å²) in [5, 5.41) is 15.6. The van der Waals surface area contributed by atoms with E-state index < -0.39 is 0 Å². The maximum atomic E-state index is 4.14. The molecule has 0 aromatic carbocycles. The van der Waals surface area contributed by atoms with Crippen molar-refractivity contribution in [2.75, 3.05) is 0 Å². The highest BCUT2D eigenvalue weighted by Gasteiger charge is 2.23. The fourth-order valence-electron chi connectivity index (χ4n) is 2.77. The number of nitrogens with zero attached hydrogens (tertiary/aromatic N) is 4. The van der Waals surface area contributed by atoms with Crippen LogP contribution in [0.25, 0.3) is 0 Å². The van der Waals surface area contributed by atoms with Gasteiger partial charge in [-0.3, -0.25) is 0 Å². The van der Waals surface area contributed by atoms with E-state index in [1.807, 2.05) is 4.68 Å². The lowest BCUT2D eigenvalue weighted by Crippen LogP contribution is -2.23. The van der Waals surface area contributed by atoms with Gasteiger partial charge in [-0.2, -0.15) is 0 Å². The summed E-state index contributed by atoms with van der Waals surface area (Å²) in [7, 11) is 0. The normalized spacial score (nSPS) is 28.5. The van der Waals surface area contributed by atoms with E-state index in [1.165, 1.54) is 38.5 Å². The molecule has 0 unspecified atom stereocenters. The first kappa shape index (κ1) is 12.1. The van der Waals surface area contributed by atoms with Crippen molar-refractivity contribution in [2.24, 2.45) is 11.8 Å². The van der Waals surface area contributed by atoms with E-state index in [2.05, 4.69) is 27.8 Å². The van der Waals surface area contributed by atoms with Gasteiger partial charge >= 0.3 is 0 Å². The molecule has 1 aromatic heterocycles. The second-order valence-corrected chi connectivity index (χ2v) is 6.06. The number of tetrazole rings is 1. The maximum absolute atomic E-state index is 4.14. The SMILES string of the molecule is CC1CCC(Cn2nnnc2CNC2CC2)CC1. The van der Waals surface area contributed by atoms with Crippen LogP contribution >= 0.6 is 0 Å². The molecule has 0 atom stereocenters. The van der Waals surface area contributed by atoms with Crippen molar-refractivity contribution in [3.8, 4) is 0 Å². The van der Waals surface area contributed by atoms with Gasteiger partial charge in [0.2, 0.25) is 0 Å². The van der Waals surface area contributed by atoms with Crippen LogP contribution in [0.1, 0.15) is 51.3 Å². The van der Waals surface area contributed by atoms with E-state index in [0.717, 1.165) is 30.7 Å². The van der Waals surface area contributed by atoms with Gasteiger partial charge in [0.05, 0.1) is 6.54 Å². The minimum Gasteiger partial charge on any atom is -0.307 e. The van der Waals surface area contributed by atoms with Crippen LogP contribution in [0.15, 0.2) is 0 Å². The van der Waals surface area contributed by atoms with Crippen LogP contribution in [0.2, 0.25) is 0 Å². The Morgan fingerprint density at radius 2 is 1.94 bits per heavy atom. The lowest BCUT2D eigenvalue weighted by molar-refractivity contribution is 0.253. The quantitative estimate of drug-likeness (QED) is 0.864. The average Bonchev–Trinajstić information content (AvgIpc) is 3.11. The summed E-state index contributed by atoms with van der Waals surface area (Å²) in [6.45, 7) is 4.18. The number of hydrogen-bond acceptors (Lipinski definition) is 4. The molecule has 0 saturated heterocycles. The largest absolute Gasteiger partial charge is 0.307 e. The minimum absolute atomic E-state index is 0.714. The standard InChI is InChI=1S/C13H23N5/c1-10-2-4-11(5-3-10)9-18-13(15-16-17-18)8-14-12-6-7-12/h10-12,14H,2-9H2,1H3. The van der Waals surface area contributed by atoms with E-state index in [4.69, 9.17) is 0 Å². The molecule has 5 heteroatoms. The van der Waals surface area contributed by atoms with Gasteiger partial charge in [-0.25, -0.2) is 4.68 Å². The van der Waals surface area contributed by atoms with Crippen LogP contribution in [0.4, 0.5) is 0 Å². The topological polar surface area (TPSA) is 55.6 Å². The minimum atomic E-state index is 0.714. The molecule has 2 saturated carbocycles. The fraction of sp³-hybridized carbons (Fsp3) is 0.923. The number of rotatable bonds is 5. The van der Waals surface area contributed by atoms with Gasteiger partial charge in [0.25, 0.3) is 0 Å². The summed E-state index contributed by atoms with van der Waals surface area (Å²) >= 11 is 0. The van der Waals surface area contributed by atoms with Crippen LogP contribution < -0.4 is 5.32 Å². The van der Waals surface area contributed by atoms with E-state index in [9.17, 15) is 0 Å². The zero-order valence-corrected chi connectivity index (χ0v) is 11.2. The van der Waals surface area contributed by atoms with Gasteiger partial charge in [-0.15, -0.1) is 5.10 Å². The summed E-state index contributed by atoms with van der Waals surface area (Å²) in [6, 6.07) is 0.714. The first-order valence-electron chi connectivity index (χ1n) is 7.29. The van der Waals surface area contributed by atoms with Gasteiger partial charge in [0, 0.05) is 12.6 Å². The second kappa shape index (κ2) is 5.34. The molecule has 5 nitrogen and oxygen atoms in total. The molecule has 2 aliphatic carbocycles. The summed E-state index contributed by atoms with van der Waals surface area (Å²) in [5.41, 5.74) is 0. The Morgan fingerprint density at radius 3 is 2.67 bits per heavy atom. The summed E-state index contributed by atoms with van der Waals surface area (Å²) in [5.74, 6) is 2.68. The van der Waals surface area contributed by atoms with Crippen LogP contribution in [0, 0.1) is 11.8 Å². The third-order valence-electron chi connectivity index (χ3n) is 4.30. The Balaban J connectivity index is 1.53. The van der Waals surface area contributed by atoms with E-state index >= 15 is 0 Å². The smallest absolute Gasteiger partial charge is 0.165 e. The lowest BCUT2D eigenvalue weighted by Gasteiger charge is -2.26. The Kier molecular flexibility index (Phi) is 3.59.